The Bertz CT molecular complexity index is 682. The Morgan fingerprint density at radius 2 is 1.71 bits per heavy atom. The van der Waals surface area contributed by atoms with Crippen molar-refractivity contribution in [1.82, 2.24) is 9.80 Å². The topological polar surface area (TPSA) is 64.0 Å². The van der Waals surface area contributed by atoms with Gasteiger partial charge in [0.2, 0.25) is 0 Å². The van der Waals surface area contributed by atoms with E-state index in [0.29, 0.717) is 18.7 Å². The highest BCUT2D eigenvalue weighted by atomic mass is 16.3. The molecular weight excluding hydrogens is 304 g/mol. The Labute approximate surface area is 141 Å². The fourth-order valence-electron chi connectivity index (χ4n) is 2.99. The van der Waals surface area contributed by atoms with Gasteiger partial charge in [0.05, 0.1) is 0 Å². The number of aliphatic hydroxyl groups excluding tert-OH is 1. The number of amides is 1. The second-order valence-electron chi connectivity index (χ2n) is 6.08. The van der Waals surface area contributed by atoms with Crippen molar-refractivity contribution in [3.8, 4) is 5.75 Å². The minimum absolute atomic E-state index is 0.238. The van der Waals surface area contributed by atoms with Gasteiger partial charge in [0.25, 0.3) is 5.91 Å². The van der Waals surface area contributed by atoms with Crippen LogP contribution in [-0.2, 0) is 11.3 Å². The van der Waals surface area contributed by atoms with Crippen LogP contribution in [0.5, 0.6) is 5.75 Å². The van der Waals surface area contributed by atoms with E-state index in [1.165, 1.54) is 0 Å². The summed E-state index contributed by atoms with van der Waals surface area (Å²) in [4.78, 5) is 16.4. The van der Waals surface area contributed by atoms with E-state index in [2.05, 4.69) is 4.90 Å². The fourth-order valence-corrected chi connectivity index (χ4v) is 2.99. The summed E-state index contributed by atoms with van der Waals surface area (Å²) in [5, 5.41) is 19.8. The van der Waals surface area contributed by atoms with Gasteiger partial charge in [-0.15, -0.1) is 0 Å². The molecule has 1 aliphatic rings. The van der Waals surface area contributed by atoms with Crippen LogP contribution in [0.1, 0.15) is 17.2 Å². The Morgan fingerprint density at radius 1 is 1.00 bits per heavy atom. The van der Waals surface area contributed by atoms with Crippen molar-refractivity contribution in [2.24, 2.45) is 0 Å². The number of aromatic hydroxyl groups is 1. The molecule has 1 atom stereocenters. The van der Waals surface area contributed by atoms with E-state index in [1.54, 1.807) is 29.2 Å². The third kappa shape index (κ3) is 3.93. The lowest BCUT2D eigenvalue weighted by molar-refractivity contribution is -0.142. The van der Waals surface area contributed by atoms with E-state index in [-0.39, 0.29) is 11.7 Å². The summed E-state index contributed by atoms with van der Waals surface area (Å²) < 4.78 is 0. The number of hydrogen-bond donors (Lipinski definition) is 2. The number of aliphatic hydroxyl groups is 1. The standard InChI is InChI=1S/C19H22N2O3/c22-17-8-4-5-15(13-17)14-20-9-11-21(12-10-20)19(24)18(23)16-6-2-1-3-7-16/h1-8,13,18,22-23H,9-12,14H2. The average Bonchev–Trinajstić information content (AvgIpc) is 2.62. The van der Waals surface area contributed by atoms with E-state index in [4.69, 9.17) is 0 Å². The fraction of sp³-hybridized carbons (Fsp3) is 0.316. The molecular formula is C19H22N2O3. The van der Waals surface area contributed by atoms with Gasteiger partial charge in [0.15, 0.2) is 6.10 Å². The third-order valence-corrected chi connectivity index (χ3v) is 4.35. The zero-order valence-corrected chi connectivity index (χ0v) is 13.5. The maximum absolute atomic E-state index is 12.4. The number of piperazine rings is 1. The molecule has 5 heteroatoms. The first-order valence-corrected chi connectivity index (χ1v) is 8.15. The molecule has 24 heavy (non-hydrogen) atoms. The molecule has 1 heterocycles. The summed E-state index contributed by atoms with van der Waals surface area (Å²) in [7, 11) is 0. The summed E-state index contributed by atoms with van der Waals surface area (Å²) in [6.07, 6.45) is -1.09. The minimum atomic E-state index is -1.09. The first kappa shape index (κ1) is 16.5. The second kappa shape index (κ2) is 7.47. The van der Waals surface area contributed by atoms with Crippen molar-refractivity contribution in [2.45, 2.75) is 12.6 Å². The molecule has 0 bridgehead atoms. The molecule has 0 saturated carbocycles. The number of nitrogens with zero attached hydrogens (tertiary/aromatic N) is 2. The van der Waals surface area contributed by atoms with Gasteiger partial charge in [-0.3, -0.25) is 9.69 Å². The van der Waals surface area contributed by atoms with Crippen molar-refractivity contribution in [2.75, 3.05) is 26.2 Å². The number of carbonyl (C=O) groups is 1. The minimum Gasteiger partial charge on any atom is -0.508 e. The van der Waals surface area contributed by atoms with Gasteiger partial charge >= 0.3 is 0 Å². The lowest BCUT2D eigenvalue weighted by atomic mass is 10.1. The van der Waals surface area contributed by atoms with Gasteiger partial charge in [-0.1, -0.05) is 42.5 Å². The van der Waals surface area contributed by atoms with E-state index >= 15 is 0 Å². The highest BCUT2D eigenvalue weighted by molar-refractivity contribution is 5.82. The molecule has 0 spiro atoms. The normalized spacial score (nSPS) is 16.8. The van der Waals surface area contributed by atoms with Crippen molar-refractivity contribution in [1.29, 1.82) is 0 Å². The summed E-state index contributed by atoms with van der Waals surface area (Å²) in [6, 6.07) is 16.3. The van der Waals surface area contributed by atoms with Crippen molar-refractivity contribution >= 4 is 5.91 Å². The van der Waals surface area contributed by atoms with Crippen LogP contribution in [0.3, 0.4) is 0 Å². The Hall–Kier alpha value is -2.37. The average molecular weight is 326 g/mol. The molecule has 1 aliphatic heterocycles. The van der Waals surface area contributed by atoms with Gasteiger partial charge in [-0.25, -0.2) is 0 Å². The number of rotatable bonds is 4. The van der Waals surface area contributed by atoms with E-state index < -0.39 is 6.10 Å². The van der Waals surface area contributed by atoms with Crippen molar-refractivity contribution < 1.29 is 15.0 Å². The molecule has 3 rings (SSSR count). The molecule has 1 unspecified atom stereocenters. The summed E-state index contributed by atoms with van der Waals surface area (Å²) in [5.41, 5.74) is 1.68. The van der Waals surface area contributed by atoms with Gasteiger partial charge in [0.1, 0.15) is 5.75 Å². The molecule has 1 saturated heterocycles. The van der Waals surface area contributed by atoms with E-state index in [0.717, 1.165) is 25.2 Å². The van der Waals surface area contributed by atoms with Crippen LogP contribution >= 0.6 is 0 Å². The predicted octanol–water partition coefficient (Wildman–Crippen LogP) is 1.77. The maximum Gasteiger partial charge on any atom is 0.256 e. The Morgan fingerprint density at radius 3 is 2.38 bits per heavy atom. The van der Waals surface area contributed by atoms with Crippen LogP contribution in [0, 0.1) is 0 Å². The highest BCUT2D eigenvalue weighted by Gasteiger charge is 2.26. The van der Waals surface area contributed by atoms with Crippen LogP contribution in [0.2, 0.25) is 0 Å². The molecule has 0 aromatic heterocycles. The van der Waals surface area contributed by atoms with E-state index in [1.807, 2.05) is 30.3 Å². The van der Waals surface area contributed by atoms with Crippen molar-refractivity contribution in [3.05, 3.63) is 65.7 Å². The molecule has 0 radical (unpaired) electrons. The number of phenolic OH excluding ortho intramolecular Hbond substituents is 1. The molecule has 2 N–H and O–H groups in total. The van der Waals surface area contributed by atoms with E-state index in [9.17, 15) is 15.0 Å². The molecule has 1 amide bonds. The van der Waals surface area contributed by atoms with Crippen LogP contribution < -0.4 is 0 Å². The van der Waals surface area contributed by atoms with Crippen LogP contribution in [0.25, 0.3) is 0 Å². The molecule has 1 fully saturated rings. The first-order valence-electron chi connectivity index (χ1n) is 8.15. The van der Waals surface area contributed by atoms with Gasteiger partial charge in [-0.2, -0.15) is 0 Å². The number of carbonyl (C=O) groups excluding carboxylic acids is 1. The largest absolute Gasteiger partial charge is 0.508 e. The molecule has 2 aromatic rings. The maximum atomic E-state index is 12.4. The number of benzene rings is 2. The van der Waals surface area contributed by atoms with Gasteiger partial charge < -0.3 is 15.1 Å². The monoisotopic (exact) mass is 326 g/mol. The SMILES string of the molecule is O=C(C(O)c1ccccc1)N1CCN(Cc2cccc(O)c2)CC1. The molecule has 126 valence electrons. The summed E-state index contributed by atoms with van der Waals surface area (Å²) >= 11 is 0. The van der Waals surface area contributed by atoms with Gasteiger partial charge in [-0.05, 0) is 23.3 Å². The molecule has 0 aliphatic carbocycles. The summed E-state index contributed by atoms with van der Waals surface area (Å²) in [6.45, 7) is 3.45. The quantitative estimate of drug-likeness (QED) is 0.899. The van der Waals surface area contributed by atoms with Crippen LogP contribution in [0.15, 0.2) is 54.6 Å². The molecule has 5 nitrogen and oxygen atoms in total. The first-order chi connectivity index (χ1) is 11.6. The molecule has 2 aromatic carbocycles. The predicted molar refractivity (Wildman–Crippen MR) is 91.4 cm³/mol. The lowest BCUT2D eigenvalue weighted by Crippen LogP contribution is -2.49. The number of phenols is 1. The van der Waals surface area contributed by atoms with Gasteiger partial charge in [0, 0.05) is 32.7 Å². The third-order valence-electron chi connectivity index (χ3n) is 4.35. The smallest absolute Gasteiger partial charge is 0.256 e. The van der Waals surface area contributed by atoms with Crippen molar-refractivity contribution in [3.63, 3.8) is 0 Å². The zero-order chi connectivity index (χ0) is 16.9. The lowest BCUT2D eigenvalue weighted by Gasteiger charge is -2.35. The zero-order valence-electron chi connectivity index (χ0n) is 13.5. The summed E-state index contributed by atoms with van der Waals surface area (Å²) in [5.74, 6) is 0.0329. The Balaban J connectivity index is 1.54. The Kier molecular flexibility index (Phi) is 5.13. The van der Waals surface area contributed by atoms with Crippen LogP contribution in [0.4, 0.5) is 0 Å². The highest BCUT2D eigenvalue weighted by Crippen LogP contribution is 2.18. The number of hydrogen-bond acceptors (Lipinski definition) is 4. The second-order valence-corrected chi connectivity index (χ2v) is 6.08. The van der Waals surface area contributed by atoms with Crippen LogP contribution in [-0.4, -0.2) is 52.1 Å².